The molecule has 1 fully saturated rings. The SMILES string of the molecule is CCOC(=O)c1cccnc1NC(C)CC1CC1. The highest BCUT2D eigenvalue weighted by Crippen LogP contribution is 2.34. The monoisotopic (exact) mass is 248 g/mol. The summed E-state index contributed by atoms with van der Waals surface area (Å²) in [5.74, 6) is 1.16. The number of nitrogens with one attached hydrogen (secondary N) is 1. The van der Waals surface area contributed by atoms with E-state index in [4.69, 9.17) is 4.74 Å². The van der Waals surface area contributed by atoms with Gasteiger partial charge in [-0.1, -0.05) is 12.8 Å². The Labute approximate surface area is 108 Å². The molecule has 98 valence electrons. The molecule has 1 unspecified atom stereocenters. The lowest BCUT2D eigenvalue weighted by atomic mass is 10.1. The van der Waals surface area contributed by atoms with Crippen molar-refractivity contribution in [3.05, 3.63) is 23.9 Å². The van der Waals surface area contributed by atoms with Crippen molar-refractivity contribution in [2.75, 3.05) is 11.9 Å². The minimum Gasteiger partial charge on any atom is -0.462 e. The number of ether oxygens (including phenoxy) is 1. The van der Waals surface area contributed by atoms with Crippen LogP contribution in [0.3, 0.4) is 0 Å². The van der Waals surface area contributed by atoms with Gasteiger partial charge in [-0.25, -0.2) is 9.78 Å². The topological polar surface area (TPSA) is 51.2 Å². The van der Waals surface area contributed by atoms with E-state index in [0.717, 1.165) is 12.3 Å². The summed E-state index contributed by atoms with van der Waals surface area (Å²) in [6.45, 7) is 4.31. The summed E-state index contributed by atoms with van der Waals surface area (Å²) in [6.07, 6.45) is 5.49. The van der Waals surface area contributed by atoms with Crippen molar-refractivity contribution in [1.29, 1.82) is 0 Å². The molecule has 1 heterocycles. The highest BCUT2D eigenvalue weighted by molar-refractivity contribution is 5.94. The van der Waals surface area contributed by atoms with E-state index in [0.29, 0.717) is 24.0 Å². The second-order valence-electron chi connectivity index (χ2n) is 4.84. The van der Waals surface area contributed by atoms with Crippen molar-refractivity contribution in [1.82, 2.24) is 4.98 Å². The standard InChI is InChI=1S/C14H20N2O2/c1-3-18-14(17)12-5-4-8-15-13(12)16-10(2)9-11-6-7-11/h4-5,8,10-11H,3,6-7,9H2,1-2H3,(H,15,16). The van der Waals surface area contributed by atoms with Crippen LogP contribution in [0.15, 0.2) is 18.3 Å². The van der Waals surface area contributed by atoms with Gasteiger partial charge in [-0.15, -0.1) is 0 Å². The van der Waals surface area contributed by atoms with Crippen LogP contribution in [-0.4, -0.2) is 23.6 Å². The summed E-state index contributed by atoms with van der Waals surface area (Å²) >= 11 is 0. The van der Waals surface area contributed by atoms with E-state index in [1.54, 1.807) is 25.3 Å². The van der Waals surface area contributed by atoms with Gasteiger partial charge in [0.15, 0.2) is 0 Å². The number of carbonyl (C=O) groups is 1. The third kappa shape index (κ3) is 3.45. The number of esters is 1. The summed E-state index contributed by atoms with van der Waals surface area (Å²) in [5, 5.41) is 3.31. The summed E-state index contributed by atoms with van der Waals surface area (Å²) in [6, 6.07) is 3.83. The summed E-state index contributed by atoms with van der Waals surface area (Å²) < 4.78 is 5.02. The molecular weight excluding hydrogens is 228 g/mol. The molecule has 1 aliphatic carbocycles. The van der Waals surface area contributed by atoms with Gasteiger partial charge in [0.1, 0.15) is 11.4 Å². The average molecular weight is 248 g/mol. The van der Waals surface area contributed by atoms with Gasteiger partial charge in [0.05, 0.1) is 6.61 Å². The van der Waals surface area contributed by atoms with Crippen LogP contribution in [0, 0.1) is 5.92 Å². The molecule has 0 aromatic carbocycles. The van der Waals surface area contributed by atoms with Crippen LogP contribution in [0.2, 0.25) is 0 Å². The van der Waals surface area contributed by atoms with Crippen molar-refractivity contribution in [3.8, 4) is 0 Å². The maximum absolute atomic E-state index is 11.8. The fraction of sp³-hybridized carbons (Fsp3) is 0.571. The smallest absolute Gasteiger partial charge is 0.341 e. The zero-order valence-electron chi connectivity index (χ0n) is 11.0. The molecule has 1 aliphatic rings. The molecule has 0 amide bonds. The largest absolute Gasteiger partial charge is 0.462 e. The first-order valence-electron chi connectivity index (χ1n) is 6.59. The molecule has 0 aliphatic heterocycles. The number of carbonyl (C=O) groups excluding carboxylic acids is 1. The molecule has 0 spiro atoms. The Balaban J connectivity index is 2.03. The molecule has 1 aromatic heterocycles. The Kier molecular flexibility index (Phi) is 4.18. The molecule has 0 bridgehead atoms. The van der Waals surface area contributed by atoms with Crippen LogP contribution >= 0.6 is 0 Å². The first kappa shape index (κ1) is 12.9. The van der Waals surface area contributed by atoms with Crippen molar-refractivity contribution in [2.45, 2.75) is 39.2 Å². The highest BCUT2D eigenvalue weighted by Gasteiger charge is 2.24. The second kappa shape index (κ2) is 5.85. The molecule has 1 N–H and O–H groups in total. The maximum Gasteiger partial charge on any atom is 0.341 e. The second-order valence-corrected chi connectivity index (χ2v) is 4.84. The number of rotatable bonds is 6. The lowest BCUT2D eigenvalue weighted by molar-refractivity contribution is 0.0527. The van der Waals surface area contributed by atoms with Crippen molar-refractivity contribution in [2.24, 2.45) is 5.92 Å². The Hall–Kier alpha value is -1.58. The lowest BCUT2D eigenvalue weighted by Gasteiger charge is -2.16. The maximum atomic E-state index is 11.8. The van der Waals surface area contributed by atoms with Crippen molar-refractivity contribution in [3.63, 3.8) is 0 Å². The Morgan fingerprint density at radius 3 is 3.06 bits per heavy atom. The van der Waals surface area contributed by atoms with Gasteiger partial charge in [-0.05, 0) is 38.3 Å². The van der Waals surface area contributed by atoms with E-state index in [2.05, 4.69) is 17.2 Å². The highest BCUT2D eigenvalue weighted by atomic mass is 16.5. The quantitative estimate of drug-likeness (QED) is 0.786. The van der Waals surface area contributed by atoms with Gasteiger partial charge in [0.25, 0.3) is 0 Å². The molecule has 4 nitrogen and oxygen atoms in total. The van der Waals surface area contributed by atoms with Crippen LogP contribution in [0.5, 0.6) is 0 Å². The first-order valence-corrected chi connectivity index (χ1v) is 6.59. The zero-order chi connectivity index (χ0) is 13.0. The predicted octanol–water partition coefficient (Wildman–Crippen LogP) is 2.86. The molecule has 0 radical (unpaired) electrons. The normalized spacial score (nSPS) is 16.1. The summed E-state index contributed by atoms with van der Waals surface area (Å²) in [4.78, 5) is 16.0. The van der Waals surface area contributed by atoms with E-state index in [1.165, 1.54) is 12.8 Å². The van der Waals surface area contributed by atoms with Crippen LogP contribution in [0.4, 0.5) is 5.82 Å². The van der Waals surface area contributed by atoms with Gasteiger partial charge < -0.3 is 10.1 Å². The van der Waals surface area contributed by atoms with E-state index in [-0.39, 0.29) is 5.97 Å². The molecule has 18 heavy (non-hydrogen) atoms. The van der Waals surface area contributed by atoms with Gasteiger partial charge in [-0.3, -0.25) is 0 Å². The van der Waals surface area contributed by atoms with Crippen LogP contribution in [-0.2, 0) is 4.74 Å². The number of hydrogen-bond acceptors (Lipinski definition) is 4. The van der Waals surface area contributed by atoms with Crippen molar-refractivity contribution >= 4 is 11.8 Å². The van der Waals surface area contributed by atoms with E-state index in [9.17, 15) is 4.79 Å². The lowest BCUT2D eigenvalue weighted by Crippen LogP contribution is -2.19. The fourth-order valence-corrected chi connectivity index (χ4v) is 2.04. The van der Waals surface area contributed by atoms with E-state index < -0.39 is 0 Å². The summed E-state index contributed by atoms with van der Waals surface area (Å²) in [5.41, 5.74) is 0.516. The molecule has 1 atom stereocenters. The number of pyridine rings is 1. The Bertz CT molecular complexity index is 416. The van der Waals surface area contributed by atoms with Gasteiger partial charge in [-0.2, -0.15) is 0 Å². The predicted molar refractivity (Wildman–Crippen MR) is 70.6 cm³/mol. The molecule has 4 heteroatoms. The number of anilines is 1. The number of hydrogen-bond donors (Lipinski definition) is 1. The molecule has 0 saturated heterocycles. The Morgan fingerprint density at radius 1 is 1.61 bits per heavy atom. The van der Waals surface area contributed by atoms with Crippen molar-refractivity contribution < 1.29 is 9.53 Å². The van der Waals surface area contributed by atoms with Crippen LogP contribution in [0.25, 0.3) is 0 Å². The molecule has 2 rings (SSSR count). The average Bonchev–Trinajstić information content (AvgIpc) is 3.13. The molecule has 1 saturated carbocycles. The van der Waals surface area contributed by atoms with Gasteiger partial charge in [0.2, 0.25) is 0 Å². The third-order valence-electron chi connectivity index (χ3n) is 3.07. The summed E-state index contributed by atoms with van der Waals surface area (Å²) in [7, 11) is 0. The fourth-order valence-electron chi connectivity index (χ4n) is 2.04. The van der Waals surface area contributed by atoms with E-state index >= 15 is 0 Å². The molecular formula is C14H20N2O2. The minimum atomic E-state index is -0.313. The van der Waals surface area contributed by atoms with E-state index in [1.807, 2.05) is 0 Å². The van der Waals surface area contributed by atoms with Crippen LogP contribution in [0.1, 0.15) is 43.5 Å². The Morgan fingerprint density at radius 2 is 2.39 bits per heavy atom. The zero-order valence-corrected chi connectivity index (χ0v) is 11.0. The number of aromatic nitrogens is 1. The first-order chi connectivity index (χ1) is 8.70. The van der Waals surface area contributed by atoms with Crippen LogP contribution < -0.4 is 5.32 Å². The van der Waals surface area contributed by atoms with Gasteiger partial charge in [0, 0.05) is 12.2 Å². The molecule has 1 aromatic rings. The number of nitrogens with zero attached hydrogens (tertiary/aromatic N) is 1. The van der Waals surface area contributed by atoms with Gasteiger partial charge >= 0.3 is 5.97 Å². The minimum absolute atomic E-state index is 0.313. The third-order valence-corrected chi connectivity index (χ3v) is 3.07.